The van der Waals surface area contributed by atoms with E-state index in [-0.39, 0.29) is 5.69 Å². The average Bonchev–Trinajstić information content (AvgIpc) is 3.07. The Morgan fingerprint density at radius 1 is 0.750 bits per heavy atom. The van der Waals surface area contributed by atoms with E-state index in [1.165, 1.54) is 0 Å². The molecular formula is C21H15NO2. The van der Waals surface area contributed by atoms with E-state index in [9.17, 15) is 9.90 Å². The monoisotopic (exact) mass is 313 g/mol. The minimum absolute atomic E-state index is 0.205. The number of hydrogen-bond donors (Lipinski definition) is 2. The molecule has 0 fully saturated rings. The Balaban J connectivity index is 1.88. The summed E-state index contributed by atoms with van der Waals surface area (Å²) in [5.74, 6) is -0.949. The third-order valence-electron chi connectivity index (χ3n) is 4.17. The maximum Gasteiger partial charge on any atom is 0.352 e. The minimum atomic E-state index is -0.949. The zero-order chi connectivity index (χ0) is 16.5. The van der Waals surface area contributed by atoms with Crippen molar-refractivity contribution in [2.24, 2.45) is 0 Å². The fourth-order valence-corrected chi connectivity index (χ4v) is 3.01. The Morgan fingerprint density at radius 2 is 1.46 bits per heavy atom. The van der Waals surface area contributed by atoms with Crippen LogP contribution in [0, 0.1) is 0 Å². The van der Waals surface area contributed by atoms with Gasteiger partial charge in [0.1, 0.15) is 5.69 Å². The molecule has 0 unspecified atom stereocenters. The molecule has 0 saturated carbocycles. The lowest BCUT2D eigenvalue weighted by Crippen LogP contribution is -1.95. The van der Waals surface area contributed by atoms with Crippen LogP contribution in [0.5, 0.6) is 0 Å². The average molecular weight is 313 g/mol. The van der Waals surface area contributed by atoms with Gasteiger partial charge in [-0.25, -0.2) is 4.79 Å². The largest absolute Gasteiger partial charge is 0.477 e. The molecule has 0 spiro atoms. The first-order valence-corrected chi connectivity index (χ1v) is 7.73. The highest BCUT2D eigenvalue weighted by atomic mass is 16.4. The summed E-state index contributed by atoms with van der Waals surface area (Å²) >= 11 is 0. The number of fused-ring (bicyclic) bond motifs is 1. The number of carboxylic acid groups (broad SMARTS) is 1. The summed E-state index contributed by atoms with van der Waals surface area (Å²) in [5.41, 5.74) is 5.40. The molecule has 3 nitrogen and oxygen atoms in total. The van der Waals surface area contributed by atoms with E-state index in [0.29, 0.717) is 0 Å². The Hall–Kier alpha value is -3.33. The minimum Gasteiger partial charge on any atom is -0.477 e. The van der Waals surface area contributed by atoms with Crippen LogP contribution in [-0.4, -0.2) is 16.1 Å². The van der Waals surface area contributed by atoms with E-state index in [1.807, 2.05) is 48.5 Å². The van der Waals surface area contributed by atoms with Gasteiger partial charge >= 0.3 is 5.97 Å². The van der Waals surface area contributed by atoms with E-state index < -0.39 is 5.97 Å². The summed E-state index contributed by atoms with van der Waals surface area (Å²) in [7, 11) is 0. The molecule has 0 radical (unpaired) electrons. The smallest absolute Gasteiger partial charge is 0.352 e. The molecule has 1 heterocycles. The molecule has 0 atom stereocenters. The number of aromatic nitrogens is 1. The van der Waals surface area contributed by atoms with Gasteiger partial charge < -0.3 is 10.1 Å². The fraction of sp³-hybridized carbons (Fsp3) is 0. The lowest BCUT2D eigenvalue weighted by atomic mass is 9.98. The number of para-hydroxylation sites is 1. The number of carboxylic acids is 1. The van der Waals surface area contributed by atoms with Crippen molar-refractivity contribution in [1.29, 1.82) is 0 Å². The number of H-pyrrole nitrogens is 1. The van der Waals surface area contributed by atoms with Crippen molar-refractivity contribution < 1.29 is 9.90 Å². The molecule has 3 heteroatoms. The van der Waals surface area contributed by atoms with Crippen LogP contribution < -0.4 is 0 Å². The second-order valence-electron chi connectivity index (χ2n) is 5.70. The molecule has 1 aromatic heterocycles. The zero-order valence-electron chi connectivity index (χ0n) is 12.9. The molecule has 116 valence electrons. The Kier molecular flexibility index (Phi) is 3.39. The van der Waals surface area contributed by atoms with Crippen LogP contribution in [0.3, 0.4) is 0 Å². The highest BCUT2D eigenvalue weighted by molar-refractivity contribution is 6.00. The molecule has 0 aliphatic heterocycles. The van der Waals surface area contributed by atoms with Crippen molar-refractivity contribution in [3.05, 3.63) is 84.6 Å². The van der Waals surface area contributed by atoms with Crippen LogP contribution in [0.25, 0.3) is 33.2 Å². The highest BCUT2D eigenvalue weighted by Gasteiger charge is 2.11. The quantitative estimate of drug-likeness (QED) is 0.546. The lowest BCUT2D eigenvalue weighted by Gasteiger charge is -2.07. The van der Waals surface area contributed by atoms with E-state index in [1.54, 1.807) is 6.07 Å². The highest BCUT2D eigenvalue weighted by Crippen LogP contribution is 2.31. The molecule has 0 saturated heterocycles. The summed E-state index contributed by atoms with van der Waals surface area (Å²) in [6.45, 7) is 0. The van der Waals surface area contributed by atoms with E-state index >= 15 is 0 Å². The third kappa shape index (κ3) is 2.46. The number of hydrogen-bond acceptors (Lipinski definition) is 1. The number of benzene rings is 3. The van der Waals surface area contributed by atoms with Crippen molar-refractivity contribution in [3.63, 3.8) is 0 Å². The van der Waals surface area contributed by atoms with Gasteiger partial charge in [-0.15, -0.1) is 0 Å². The molecule has 24 heavy (non-hydrogen) atoms. The number of carbonyl (C=O) groups is 1. The first-order valence-electron chi connectivity index (χ1n) is 7.73. The van der Waals surface area contributed by atoms with E-state index in [2.05, 4.69) is 29.2 Å². The van der Waals surface area contributed by atoms with Crippen LogP contribution in [0.15, 0.2) is 78.9 Å². The van der Waals surface area contributed by atoms with Gasteiger partial charge in [-0.05, 0) is 28.8 Å². The Morgan fingerprint density at radius 3 is 2.25 bits per heavy atom. The van der Waals surface area contributed by atoms with Crippen molar-refractivity contribution in [2.45, 2.75) is 0 Å². The summed E-state index contributed by atoms with van der Waals surface area (Å²) in [5, 5.41) is 10.1. The number of aromatic amines is 1. The molecule has 4 aromatic rings. The first-order chi connectivity index (χ1) is 11.7. The number of rotatable bonds is 3. The van der Waals surface area contributed by atoms with Crippen LogP contribution >= 0.6 is 0 Å². The van der Waals surface area contributed by atoms with Crippen molar-refractivity contribution >= 4 is 16.9 Å². The Labute approximate surface area is 139 Å². The van der Waals surface area contributed by atoms with Crippen LogP contribution in [-0.2, 0) is 0 Å². The van der Waals surface area contributed by atoms with Gasteiger partial charge in [-0.3, -0.25) is 0 Å². The summed E-state index contributed by atoms with van der Waals surface area (Å²) in [6, 6.07) is 26.0. The van der Waals surface area contributed by atoms with Crippen molar-refractivity contribution in [1.82, 2.24) is 4.98 Å². The maximum absolute atomic E-state index is 11.2. The van der Waals surface area contributed by atoms with E-state index in [0.717, 1.165) is 33.2 Å². The molecule has 0 aliphatic rings. The SMILES string of the molecule is O=C(O)c1cc2cccc(-c3cccc(-c4ccccc4)c3)c2[nH]1. The standard InChI is InChI=1S/C21H15NO2/c23-21(24)19-13-17-10-5-11-18(20(17)22-19)16-9-4-8-15(12-16)14-6-2-1-3-7-14/h1-13,22H,(H,23,24). The van der Waals surface area contributed by atoms with Crippen molar-refractivity contribution in [2.75, 3.05) is 0 Å². The second kappa shape index (κ2) is 5.70. The summed E-state index contributed by atoms with van der Waals surface area (Å²) in [6.07, 6.45) is 0. The lowest BCUT2D eigenvalue weighted by molar-refractivity contribution is 0.0691. The van der Waals surface area contributed by atoms with Gasteiger partial charge in [-0.1, -0.05) is 66.7 Å². The van der Waals surface area contributed by atoms with Gasteiger partial charge in [0.05, 0.1) is 5.52 Å². The third-order valence-corrected chi connectivity index (χ3v) is 4.17. The maximum atomic E-state index is 11.2. The molecule has 0 amide bonds. The predicted molar refractivity (Wildman–Crippen MR) is 96.1 cm³/mol. The topological polar surface area (TPSA) is 53.1 Å². The molecule has 4 rings (SSSR count). The fourth-order valence-electron chi connectivity index (χ4n) is 3.01. The molecule has 3 aromatic carbocycles. The second-order valence-corrected chi connectivity index (χ2v) is 5.70. The zero-order valence-corrected chi connectivity index (χ0v) is 12.9. The van der Waals surface area contributed by atoms with Gasteiger partial charge in [0.25, 0.3) is 0 Å². The number of nitrogens with one attached hydrogen (secondary N) is 1. The van der Waals surface area contributed by atoms with Gasteiger partial charge in [0, 0.05) is 10.9 Å². The van der Waals surface area contributed by atoms with Crippen LogP contribution in [0.1, 0.15) is 10.5 Å². The van der Waals surface area contributed by atoms with Gasteiger partial charge in [-0.2, -0.15) is 0 Å². The van der Waals surface area contributed by atoms with E-state index in [4.69, 9.17) is 0 Å². The predicted octanol–water partition coefficient (Wildman–Crippen LogP) is 5.20. The first kappa shape index (κ1) is 14.3. The molecule has 0 aliphatic carbocycles. The van der Waals surface area contributed by atoms with Crippen molar-refractivity contribution in [3.8, 4) is 22.3 Å². The van der Waals surface area contributed by atoms with Gasteiger partial charge in [0.2, 0.25) is 0 Å². The summed E-state index contributed by atoms with van der Waals surface area (Å²) < 4.78 is 0. The van der Waals surface area contributed by atoms with Crippen LogP contribution in [0.4, 0.5) is 0 Å². The molecular weight excluding hydrogens is 298 g/mol. The normalized spacial score (nSPS) is 10.8. The van der Waals surface area contributed by atoms with Crippen LogP contribution in [0.2, 0.25) is 0 Å². The molecule has 2 N–H and O–H groups in total. The molecule has 0 bridgehead atoms. The van der Waals surface area contributed by atoms with Gasteiger partial charge in [0.15, 0.2) is 0 Å². The summed E-state index contributed by atoms with van der Waals surface area (Å²) in [4.78, 5) is 14.2. The number of aromatic carboxylic acids is 1. The Bertz CT molecular complexity index is 1030.